The maximum Gasteiger partial charge on any atom is 0.320 e. The normalized spacial score (nSPS) is 20.1. The van der Waals surface area contributed by atoms with Gasteiger partial charge in [-0.1, -0.05) is 45.0 Å². The average Bonchev–Trinajstić information content (AvgIpc) is 3.78. The molecule has 0 spiro atoms. The number of aliphatic imine (C=N–C) groups is 1. The molecular formula is C38H51N11O3. The van der Waals surface area contributed by atoms with E-state index < -0.39 is 0 Å². The van der Waals surface area contributed by atoms with Crippen molar-refractivity contribution in [1.29, 1.82) is 5.41 Å². The molecule has 14 heteroatoms. The molecule has 2 unspecified atom stereocenters. The van der Waals surface area contributed by atoms with E-state index in [0.717, 1.165) is 100 Å². The van der Waals surface area contributed by atoms with Gasteiger partial charge in [-0.2, -0.15) is 5.10 Å². The fraction of sp³-hybridized carbons (Fsp3) is 0.526. The van der Waals surface area contributed by atoms with E-state index in [2.05, 4.69) is 47.9 Å². The van der Waals surface area contributed by atoms with Gasteiger partial charge in [-0.15, -0.1) is 10.2 Å². The number of pyridine rings is 1. The Kier molecular flexibility index (Phi) is 10.8. The lowest BCUT2D eigenvalue weighted by Gasteiger charge is -2.32. The van der Waals surface area contributed by atoms with Crippen molar-refractivity contribution in [3.8, 4) is 5.75 Å². The van der Waals surface area contributed by atoms with Gasteiger partial charge in [0.2, 0.25) is 5.95 Å². The second-order valence-electron chi connectivity index (χ2n) is 15.0. The number of hydrogen-bond acceptors (Lipinski definition) is 10. The molecule has 0 radical (unpaired) electrons. The van der Waals surface area contributed by atoms with Gasteiger partial charge in [-0.3, -0.25) is 19.3 Å². The molecule has 0 bridgehead atoms. The first kappa shape index (κ1) is 35.6. The predicted molar refractivity (Wildman–Crippen MR) is 201 cm³/mol. The molecule has 52 heavy (non-hydrogen) atoms. The van der Waals surface area contributed by atoms with Crippen LogP contribution in [-0.4, -0.2) is 92.8 Å². The molecule has 7 rings (SSSR count). The number of rotatable bonds is 10. The molecule has 5 heterocycles. The zero-order valence-corrected chi connectivity index (χ0v) is 30.6. The number of carbonyl (C=O) groups excluding carboxylic acids is 1. The Bertz CT molecular complexity index is 1880. The van der Waals surface area contributed by atoms with E-state index in [0.29, 0.717) is 23.7 Å². The molecule has 2 aliphatic heterocycles. The highest BCUT2D eigenvalue weighted by molar-refractivity contribution is 6.09. The van der Waals surface area contributed by atoms with E-state index in [9.17, 15) is 4.79 Å². The third kappa shape index (κ3) is 8.61. The number of carbonyl (C=O) groups is 1. The van der Waals surface area contributed by atoms with E-state index in [1.54, 1.807) is 6.20 Å². The standard InChI is InChI=1S/C38H51N11O3/c1-38(2,3)33(39)23-34(41-27-24-40-48(25-27)18-17-46-19-21-51-22-20-46)43-36(50)42-31-12-13-32(30-10-6-5-9-29(30)31)52-28-11-14-35-44-45-37(49(35)26-28)47-15-7-4-8-16-47/h5-6,9-11,14,24-26,31-32,39H,4,7-8,12-13,15-23H2,1-3H3,(H2,41,42,43,50). The Morgan fingerprint density at radius 1 is 0.981 bits per heavy atom. The van der Waals surface area contributed by atoms with Crippen LogP contribution in [0, 0.1) is 10.8 Å². The number of morpholine rings is 1. The Morgan fingerprint density at radius 2 is 1.77 bits per heavy atom. The Labute approximate surface area is 305 Å². The summed E-state index contributed by atoms with van der Waals surface area (Å²) >= 11 is 0. The van der Waals surface area contributed by atoms with Crippen molar-refractivity contribution in [3.63, 3.8) is 0 Å². The molecule has 2 amide bonds. The van der Waals surface area contributed by atoms with Gasteiger partial charge in [0.1, 0.15) is 23.4 Å². The van der Waals surface area contributed by atoms with Crippen molar-refractivity contribution >= 4 is 34.9 Å². The first-order valence-corrected chi connectivity index (χ1v) is 18.6. The lowest BCUT2D eigenvalue weighted by atomic mass is 9.85. The van der Waals surface area contributed by atoms with Crippen LogP contribution in [-0.2, 0) is 11.3 Å². The van der Waals surface area contributed by atoms with E-state index in [1.165, 1.54) is 6.42 Å². The van der Waals surface area contributed by atoms with Crippen molar-refractivity contribution < 1.29 is 14.3 Å². The summed E-state index contributed by atoms with van der Waals surface area (Å²) in [6.45, 7) is 12.9. The number of nitrogens with one attached hydrogen (secondary N) is 3. The van der Waals surface area contributed by atoms with Gasteiger partial charge in [-0.25, -0.2) is 9.79 Å². The molecule has 4 aromatic rings. The smallest absolute Gasteiger partial charge is 0.320 e. The zero-order valence-electron chi connectivity index (χ0n) is 30.6. The number of urea groups is 1. The van der Waals surface area contributed by atoms with Gasteiger partial charge in [0.05, 0.1) is 44.4 Å². The first-order chi connectivity index (χ1) is 25.2. The van der Waals surface area contributed by atoms with Crippen LogP contribution in [0.25, 0.3) is 5.65 Å². The van der Waals surface area contributed by atoms with Crippen molar-refractivity contribution in [2.75, 3.05) is 50.8 Å². The average molecular weight is 710 g/mol. The molecule has 3 N–H and O–H groups in total. The first-order valence-electron chi connectivity index (χ1n) is 18.6. The minimum absolute atomic E-state index is 0.172. The Balaban J connectivity index is 1.03. The predicted octanol–water partition coefficient (Wildman–Crippen LogP) is 5.69. The van der Waals surface area contributed by atoms with Gasteiger partial charge >= 0.3 is 6.03 Å². The number of amidine groups is 1. The number of aromatic nitrogens is 5. The molecule has 2 fully saturated rings. The van der Waals surface area contributed by atoms with Crippen LogP contribution in [0.15, 0.2) is 60.0 Å². The van der Waals surface area contributed by atoms with E-state index in [-0.39, 0.29) is 30.0 Å². The number of benzene rings is 1. The SMILES string of the molecule is CC(C)(C)C(=N)CC(=Nc1cnn(CCN2CCOCC2)c1)NC(=O)NC1CCC(Oc2ccc3nnc(N4CCCCC4)n3c2)c2ccccc21. The van der Waals surface area contributed by atoms with Crippen molar-refractivity contribution in [2.45, 2.75) is 78.0 Å². The highest BCUT2D eigenvalue weighted by Crippen LogP contribution is 2.39. The molecule has 0 saturated carbocycles. The summed E-state index contributed by atoms with van der Waals surface area (Å²) in [7, 11) is 0. The molecule has 2 saturated heterocycles. The Hall–Kier alpha value is -4.82. The fourth-order valence-electron chi connectivity index (χ4n) is 7.05. The van der Waals surface area contributed by atoms with E-state index in [1.807, 2.05) is 66.5 Å². The number of piperidine rings is 1. The molecular weight excluding hydrogens is 658 g/mol. The molecule has 14 nitrogen and oxygen atoms in total. The molecule has 3 aromatic heterocycles. The minimum atomic E-state index is -0.368. The van der Waals surface area contributed by atoms with Crippen LogP contribution in [0.3, 0.4) is 0 Å². The van der Waals surface area contributed by atoms with Gasteiger partial charge in [-0.05, 0) is 60.8 Å². The Morgan fingerprint density at radius 3 is 2.56 bits per heavy atom. The van der Waals surface area contributed by atoms with Crippen molar-refractivity contribution in [3.05, 3.63) is 66.1 Å². The lowest BCUT2D eigenvalue weighted by molar-refractivity contribution is 0.0360. The number of ether oxygens (including phenoxy) is 2. The summed E-state index contributed by atoms with van der Waals surface area (Å²) in [6, 6.07) is 11.5. The lowest BCUT2D eigenvalue weighted by Crippen LogP contribution is -2.43. The van der Waals surface area contributed by atoms with Crippen LogP contribution >= 0.6 is 0 Å². The summed E-state index contributed by atoms with van der Waals surface area (Å²) in [6.07, 6.45) is 10.6. The summed E-state index contributed by atoms with van der Waals surface area (Å²) in [5.41, 5.74) is 3.61. The maximum absolute atomic E-state index is 13.6. The largest absolute Gasteiger partial charge is 0.484 e. The topological polar surface area (TPSA) is 150 Å². The minimum Gasteiger partial charge on any atom is -0.484 e. The molecule has 276 valence electrons. The second-order valence-corrected chi connectivity index (χ2v) is 15.0. The van der Waals surface area contributed by atoms with Gasteiger partial charge < -0.3 is 25.1 Å². The highest BCUT2D eigenvalue weighted by Gasteiger charge is 2.30. The number of anilines is 1. The van der Waals surface area contributed by atoms with Gasteiger partial charge in [0.25, 0.3) is 0 Å². The van der Waals surface area contributed by atoms with Crippen LogP contribution in [0.5, 0.6) is 5.75 Å². The van der Waals surface area contributed by atoms with Crippen LogP contribution < -0.4 is 20.3 Å². The van der Waals surface area contributed by atoms with Crippen LogP contribution in [0.4, 0.5) is 16.4 Å². The summed E-state index contributed by atoms with van der Waals surface area (Å²) in [4.78, 5) is 23.0. The van der Waals surface area contributed by atoms with Crippen molar-refractivity contribution in [2.24, 2.45) is 10.4 Å². The fourth-order valence-corrected chi connectivity index (χ4v) is 7.05. The summed E-state index contributed by atoms with van der Waals surface area (Å²) in [5, 5.41) is 28.3. The number of fused-ring (bicyclic) bond motifs is 2. The van der Waals surface area contributed by atoms with E-state index in [4.69, 9.17) is 19.9 Å². The van der Waals surface area contributed by atoms with Crippen molar-refractivity contribution in [1.82, 2.24) is 39.9 Å². The summed E-state index contributed by atoms with van der Waals surface area (Å²) < 4.78 is 16.0. The monoisotopic (exact) mass is 709 g/mol. The van der Waals surface area contributed by atoms with Crippen LogP contribution in [0.2, 0.25) is 0 Å². The number of hydrogen-bond donors (Lipinski definition) is 3. The highest BCUT2D eigenvalue weighted by atomic mass is 16.5. The number of amides is 2. The third-order valence-corrected chi connectivity index (χ3v) is 10.2. The zero-order chi connectivity index (χ0) is 36.1. The van der Waals surface area contributed by atoms with Crippen LogP contribution in [0.1, 0.15) is 82.6 Å². The molecule has 3 aliphatic rings. The number of nitrogens with zero attached hydrogens (tertiary/aromatic N) is 8. The van der Waals surface area contributed by atoms with Gasteiger partial charge in [0.15, 0.2) is 5.65 Å². The molecule has 2 atom stereocenters. The second kappa shape index (κ2) is 15.8. The maximum atomic E-state index is 13.6. The van der Waals surface area contributed by atoms with E-state index >= 15 is 0 Å². The molecule has 1 aliphatic carbocycles. The van der Waals surface area contributed by atoms with Gasteiger partial charge in [0, 0.05) is 44.9 Å². The quantitative estimate of drug-likeness (QED) is 0.141. The molecule has 1 aromatic carbocycles. The summed E-state index contributed by atoms with van der Waals surface area (Å²) in [5.74, 6) is 2.02. The third-order valence-electron chi connectivity index (χ3n) is 10.2.